The third kappa shape index (κ3) is 2.49. The van der Waals surface area contributed by atoms with E-state index in [2.05, 4.69) is 0 Å². The van der Waals surface area contributed by atoms with Crippen molar-refractivity contribution in [2.75, 3.05) is 13.1 Å². The summed E-state index contributed by atoms with van der Waals surface area (Å²) in [6.45, 7) is 3.78. The molecule has 106 valence electrons. The Bertz CT molecular complexity index is 544. The molecule has 0 N–H and O–H groups in total. The van der Waals surface area contributed by atoms with Gasteiger partial charge in [-0.25, -0.2) is 0 Å². The number of piperidine rings is 1. The zero-order valence-corrected chi connectivity index (χ0v) is 12.0. The number of aryl methyl sites for hydroxylation is 1. The molecule has 0 spiro atoms. The number of benzene rings is 1. The number of hydrogen-bond acceptors (Lipinski definition) is 2. The largest absolute Gasteiger partial charge is 0.343 e. The molecule has 1 aromatic carbocycles. The number of hydrogen-bond donors (Lipinski definition) is 0. The van der Waals surface area contributed by atoms with E-state index in [1.54, 1.807) is 0 Å². The van der Waals surface area contributed by atoms with Crippen LogP contribution in [0.3, 0.4) is 0 Å². The molecule has 1 aliphatic carbocycles. The van der Waals surface area contributed by atoms with Gasteiger partial charge in [0.25, 0.3) is 0 Å². The molecule has 3 nitrogen and oxygen atoms in total. The summed E-state index contributed by atoms with van der Waals surface area (Å²) >= 11 is 0. The van der Waals surface area contributed by atoms with Crippen LogP contribution in [0.1, 0.15) is 59.5 Å². The molecule has 1 amide bonds. The molecule has 1 atom stereocenters. The number of likely N-dealkylation sites (tertiary alicyclic amines) is 1. The van der Waals surface area contributed by atoms with Gasteiger partial charge in [-0.2, -0.15) is 0 Å². The van der Waals surface area contributed by atoms with Crippen LogP contribution in [0, 0.1) is 6.92 Å². The van der Waals surface area contributed by atoms with Crippen molar-refractivity contribution in [3.8, 4) is 0 Å². The van der Waals surface area contributed by atoms with E-state index < -0.39 is 0 Å². The Morgan fingerprint density at radius 2 is 2.00 bits per heavy atom. The standard InChI is InChI=1S/C17H21NO2/c1-12-5-6-14-13(10-16(19)15(14)9-12)11-17(20)18-7-3-2-4-8-18/h5-6,9,13H,2-4,7-8,10-11H2,1H3. The normalized spacial score (nSPS) is 21.9. The second kappa shape index (κ2) is 5.39. The Morgan fingerprint density at radius 3 is 2.75 bits per heavy atom. The van der Waals surface area contributed by atoms with E-state index in [0.29, 0.717) is 12.8 Å². The Hall–Kier alpha value is -1.64. The van der Waals surface area contributed by atoms with E-state index in [4.69, 9.17) is 0 Å². The zero-order chi connectivity index (χ0) is 14.1. The lowest BCUT2D eigenvalue weighted by Gasteiger charge is -2.27. The van der Waals surface area contributed by atoms with Gasteiger partial charge in [-0.3, -0.25) is 9.59 Å². The van der Waals surface area contributed by atoms with Crippen molar-refractivity contribution in [3.05, 3.63) is 34.9 Å². The lowest BCUT2D eigenvalue weighted by Crippen LogP contribution is -2.36. The number of fused-ring (bicyclic) bond motifs is 1. The molecule has 3 rings (SSSR count). The summed E-state index contributed by atoms with van der Waals surface area (Å²) < 4.78 is 0. The van der Waals surface area contributed by atoms with Crippen LogP contribution < -0.4 is 0 Å². The van der Waals surface area contributed by atoms with E-state index in [-0.39, 0.29) is 17.6 Å². The first-order chi connectivity index (χ1) is 9.65. The minimum absolute atomic E-state index is 0.0903. The van der Waals surface area contributed by atoms with Gasteiger partial charge in [0.1, 0.15) is 0 Å². The fraction of sp³-hybridized carbons (Fsp3) is 0.529. The van der Waals surface area contributed by atoms with Crippen molar-refractivity contribution in [1.29, 1.82) is 0 Å². The van der Waals surface area contributed by atoms with Crippen LogP contribution in [0.15, 0.2) is 18.2 Å². The van der Waals surface area contributed by atoms with Gasteiger partial charge in [-0.05, 0) is 37.8 Å². The highest BCUT2D eigenvalue weighted by Crippen LogP contribution is 2.36. The van der Waals surface area contributed by atoms with E-state index in [1.165, 1.54) is 6.42 Å². The fourth-order valence-electron chi connectivity index (χ4n) is 3.38. The van der Waals surface area contributed by atoms with Crippen LogP contribution in [0.5, 0.6) is 0 Å². The van der Waals surface area contributed by atoms with Crippen molar-refractivity contribution < 1.29 is 9.59 Å². The van der Waals surface area contributed by atoms with Gasteiger partial charge in [0.15, 0.2) is 5.78 Å². The summed E-state index contributed by atoms with van der Waals surface area (Å²) in [6.07, 6.45) is 4.45. The van der Waals surface area contributed by atoms with Gasteiger partial charge < -0.3 is 4.90 Å². The first kappa shape index (κ1) is 13.3. The summed E-state index contributed by atoms with van der Waals surface area (Å²) in [5, 5.41) is 0. The SMILES string of the molecule is Cc1ccc2c(c1)C(=O)CC2CC(=O)N1CCCCC1. The van der Waals surface area contributed by atoms with Crippen LogP contribution in [-0.2, 0) is 4.79 Å². The highest BCUT2D eigenvalue weighted by Gasteiger charge is 2.32. The number of ketones is 1. The maximum Gasteiger partial charge on any atom is 0.223 e. The molecular weight excluding hydrogens is 250 g/mol. The minimum Gasteiger partial charge on any atom is -0.343 e. The third-order valence-electron chi connectivity index (χ3n) is 4.51. The molecule has 20 heavy (non-hydrogen) atoms. The number of Topliss-reactive ketones (excluding diaryl/α,β-unsaturated/α-hetero) is 1. The van der Waals surface area contributed by atoms with Gasteiger partial charge in [-0.1, -0.05) is 17.7 Å². The van der Waals surface area contributed by atoms with Gasteiger partial charge in [-0.15, -0.1) is 0 Å². The second-order valence-electron chi connectivity index (χ2n) is 6.06. The predicted octanol–water partition coefficient (Wildman–Crippen LogP) is 3.07. The molecule has 0 bridgehead atoms. The molecule has 1 fully saturated rings. The fourth-order valence-corrected chi connectivity index (χ4v) is 3.38. The molecule has 2 aliphatic rings. The molecule has 1 aliphatic heterocycles. The number of carbonyl (C=O) groups excluding carboxylic acids is 2. The van der Waals surface area contributed by atoms with Crippen molar-refractivity contribution in [2.24, 2.45) is 0 Å². The van der Waals surface area contributed by atoms with Gasteiger partial charge >= 0.3 is 0 Å². The lowest BCUT2D eigenvalue weighted by atomic mass is 9.96. The summed E-state index contributed by atoms with van der Waals surface area (Å²) in [5.74, 6) is 0.503. The summed E-state index contributed by atoms with van der Waals surface area (Å²) in [6, 6.07) is 6.03. The summed E-state index contributed by atoms with van der Waals surface area (Å²) in [5.41, 5.74) is 3.02. The minimum atomic E-state index is 0.0903. The second-order valence-corrected chi connectivity index (χ2v) is 6.06. The summed E-state index contributed by atoms with van der Waals surface area (Å²) in [7, 11) is 0. The predicted molar refractivity (Wildman–Crippen MR) is 77.9 cm³/mol. The Labute approximate surface area is 120 Å². The average molecular weight is 271 g/mol. The Morgan fingerprint density at radius 1 is 1.25 bits per heavy atom. The molecule has 0 aromatic heterocycles. The lowest BCUT2D eigenvalue weighted by molar-refractivity contribution is -0.132. The van der Waals surface area contributed by atoms with Gasteiger partial charge in [0.05, 0.1) is 0 Å². The van der Waals surface area contributed by atoms with Crippen LogP contribution in [-0.4, -0.2) is 29.7 Å². The number of rotatable bonds is 2. The van der Waals surface area contributed by atoms with Crippen molar-refractivity contribution >= 4 is 11.7 Å². The molecule has 1 aromatic rings. The maximum atomic E-state index is 12.4. The average Bonchev–Trinajstić information content (AvgIpc) is 2.76. The number of nitrogens with zero attached hydrogens (tertiary/aromatic N) is 1. The quantitative estimate of drug-likeness (QED) is 0.829. The van der Waals surface area contributed by atoms with E-state index in [9.17, 15) is 9.59 Å². The van der Waals surface area contributed by atoms with Crippen molar-refractivity contribution in [2.45, 2.75) is 44.9 Å². The Kier molecular flexibility index (Phi) is 3.60. The molecule has 1 saturated heterocycles. The highest BCUT2D eigenvalue weighted by molar-refractivity contribution is 6.02. The zero-order valence-electron chi connectivity index (χ0n) is 12.0. The molecule has 1 unspecified atom stereocenters. The van der Waals surface area contributed by atoms with Gasteiger partial charge in [0.2, 0.25) is 5.91 Å². The molecule has 0 saturated carbocycles. The Balaban J connectivity index is 1.73. The molecular formula is C17H21NO2. The summed E-state index contributed by atoms with van der Waals surface area (Å²) in [4.78, 5) is 26.4. The van der Waals surface area contributed by atoms with Crippen LogP contribution in [0.2, 0.25) is 0 Å². The van der Waals surface area contributed by atoms with Crippen LogP contribution in [0.4, 0.5) is 0 Å². The van der Waals surface area contributed by atoms with Crippen LogP contribution >= 0.6 is 0 Å². The van der Waals surface area contributed by atoms with Crippen molar-refractivity contribution in [3.63, 3.8) is 0 Å². The van der Waals surface area contributed by atoms with Crippen molar-refractivity contribution in [1.82, 2.24) is 4.90 Å². The van der Waals surface area contributed by atoms with E-state index in [1.807, 2.05) is 30.0 Å². The van der Waals surface area contributed by atoms with Gasteiger partial charge in [0, 0.05) is 37.4 Å². The third-order valence-corrected chi connectivity index (χ3v) is 4.51. The van der Waals surface area contributed by atoms with E-state index in [0.717, 1.165) is 42.6 Å². The molecule has 0 radical (unpaired) electrons. The smallest absolute Gasteiger partial charge is 0.223 e. The van der Waals surface area contributed by atoms with Crippen LogP contribution in [0.25, 0.3) is 0 Å². The monoisotopic (exact) mass is 271 g/mol. The first-order valence-corrected chi connectivity index (χ1v) is 7.56. The topological polar surface area (TPSA) is 37.4 Å². The highest BCUT2D eigenvalue weighted by atomic mass is 16.2. The maximum absolute atomic E-state index is 12.4. The molecule has 1 heterocycles. The number of carbonyl (C=O) groups is 2. The first-order valence-electron chi connectivity index (χ1n) is 7.56. The molecule has 3 heteroatoms. The van der Waals surface area contributed by atoms with E-state index >= 15 is 0 Å². The number of amides is 1.